The number of nitrogens with two attached hydrogens (primary N) is 1. The summed E-state index contributed by atoms with van der Waals surface area (Å²) in [6.07, 6.45) is 1.15. The maximum Gasteiger partial charge on any atom is 0.239 e. The molecular formula is C11H23ClN2O3S. The Morgan fingerprint density at radius 3 is 2.39 bits per heavy atom. The second kappa shape index (κ2) is 6.73. The van der Waals surface area contributed by atoms with E-state index in [1.54, 1.807) is 7.05 Å². The number of hydrogen-bond donors (Lipinski definition) is 1. The molecule has 0 aliphatic carbocycles. The van der Waals surface area contributed by atoms with Crippen LogP contribution in [0.1, 0.15) is 26.7 Å². The van der Waals surface area contributed by atoms with Gasteiger partial charge in [0.2, 0.25) is 5.91 Å². The van der Waals surface area contributed by atoms with E-state index in [4.69, 9.17) is 5.73 Å². The quantitative estimate of drug-likeness (QED) is 0.816. The van der Waals surface area contributed by atoms with E-state index in [0.717, 1.165) is 0 Å². The summed E-state index contributed by atoms with van der Waals surface area (Å²) in [7, 11) is -1.31. The standard InChI is InChI=1S/C11H22N2O3S.ClH/c1-8(2)6-10(12)11(14)13(3)9-4-5-17(15,16)7-9;/h8-10H,4-7,12H2,1-3H3;1H/t9?,10-;/m0./s1. The molecule has 0 radical (unpaired) electrons. The molecule has 5 nitrogen and oxygen atoms in total. The van der Waals surface area contributed by atoms with E-state index in [-0.39, 0.29) is 35.9 Å². The number of nitrogens with zero attached hydrogens (tertiary/aromatic N) is 1. The fraction of sp³-hybridized carbons (Fsp3) is 0.909. The Labute approximate surface area is 115 Å². The van der Waals surface area contributed by atoms with Crippen molar-refractivity contribution in [3.8, 4) is 0 Å². The SMILES string of the molecule is CC(C)C[C@H](N)C(=O)N(C)C1CCS(=O)(=O)C1.Cl. The fourth-order valence-corrected chi connectivity index (χ4v) is 3.91. The van der Waals surface area contributed by atoms with Gasteiger partial charge in [-0.25, -0.2) is 8.42 Å². The van der Waals surface area contributed by atoms with Crippen molar-refractivity contribution in [1.29, 1.82) is 0 Å². The van der Waals surface area contributed by atoms with Crippen LogP contribution in [0.15, 0.2) is 0 Å². The lowest BCUT2D eigenvalue weighted by atomic mass is 10.0. The van der Waals surface area contributed by atoms with Crippen LogP contribution < -0.4 is 5.73 Å². The van der Waals surface area contributed by atoms with E-state index < -0.39 is 15.9 Å². The van der Waals surface area contributed by atoms with E-state index in [1.165, 1.54) is 4.90 Å². The summed E-state index contributed by atoms with van der Waals surface area (Å²) in [5.41, 5.74) is 5.81. The molecule has 1 unspecified atom stereocenters. The average Bonchev–Trinajstić information content (AvgIpc) is 2.55. The number of halogens is 1. The van der Waals surface area contributed by atoms with Crippen LogP contribution >= 0.6 is 12.4 Å². The highest BCUT2D eigenvalue weighted by atomic mass is 35.5. The Bertz CT molecular complexity index is 384. The highest BCUT2D eigenvalue weighted by molar-refractivity contribution is 7.91. The minimum Gasteiger partial charge on any atom is -0.340 e. The zero-order valence-corrected chi connectivity index (χ0v) is 12.8. The van der Waals surface area contributed by atoms with Gasteiger partial charge in [-0.05, 0) is 18.8 Å². The summed E-state index contributed by atoms with van der Waals surface area (Å²) in [6, 6.07) is -0.728. The summed E-state index contributed by atoms with van der Waals surface area (Å²) < 4.78 is 22.7. The van der Waals surface area contributed by atoms with Gasteiger partial charge in [0.25, 0.3) is 0 Å². The van der Waals surface area contributed by atoms with Gasteiger partial charge in [-0.1, -0.05) is 13.8 Å². The molecule has 0 bridgehead atoms. The molecule has 1 aliphatic rings. The normalized spacial score (nSPS) is 23.5. The molecule has 0 aromatic rings. The largest absolute Gasteiger partial charge is 0.340 e. The van der Waals surface area contributed by atoms with Crippen LogP contribution in [0.3, 0.4) is 0 Å². The summed E-state index contributed by atoms with van der Waals surface area (Å²) in [6.45, 7) is 4.01. The monoisotopic (exact) mass is 298 g/mol. The van der Waals surface area contributed by atoms with Gasteiger partial charge in [0.1, 0.15) is 0 Å². The van der Waals surface area contributed by atoms with Crippen molar-refractivity contribution in [2.45, 2.75) is 38.8 Å². The number of rotatable bonds is 4. The fourth-order valence-electron chi connectivity index (χ4n) is 2.13. The summed E-state index contributed by atoms with van der Waals surface area (Å²) in [4.78, 5) is 13.5. The predicted molar refractivity (Wildman–Crippen MR) is 74.5 cm³/mol. The van der Waals surface area contributed by atoms with Crippen LogP contribution in [0.4, 0.5) is 0 Å². The molecule has 2 N–H and O–H groups in total. The zero-order valence-electron chi connectivity index (χ0n) is 11.1. The number of carbonyl (C=O) groups excluding carboxylic acids is 1. The van der Waals surface area contributed by atoms with Crippen LogP contribution in [-0.2, 0) is 14.6 Å². The van der Waals surface area contributed by atoms with Crippen molar-refractivity contribution in [1.82, 2.24) is 4.90 Å². The lowest BCUT2D eigenvalue weighted by Crippen LogP contribution is -2.47. The molecule has 1 aliphatic heterocycles. The lowest BCUT2D eigenvalue weighted by molar-refractivity contribution is -0.133. The number of sulfone groups is 1. The molecule has 1 amide bonds. The molecule has 18 heavy (non-hydrogen) atoms. The molecule has 108 valence electrons. The smallest absolute Gasteiger partial charge is 0.239 e. The van der Waals surface area contributed by atoms with Crippen LogP contribution in [0.2, 0.25) is 0 Å². The number of amides is 1. The molecule has 2 atom stereocenters. The maximum absolute atomic E-state index is 12.0. The maximum atomic E-state index is 12.0. The van der Waals surface area contributed by atoms with Crippen molar-refractivity contribution in [2.24, 2.45) is 11.7 Å². The van der Waals surface area contributed by atoms with Gasteiger partial charge in [-0.2, -0.15) is 0 Å². The van der Waals surface area contributed by atoms with Crippen LogP contribution in [-0.4, -0.2) is 49.9 Å². The van der Waals surface area contributed by atoms with Gasteiger partial charge in [-0.15, -0.1) is 12.4 Å². The van der Waals surface area contributed by atoms with Gasteiger partial charge in [0, 0.05) is 13.1 Å². The Hall–Kier alpha value is -0.330. The van der Waals surface area contributed by atoms with Crippen molar-refractivity contribution in [2.75, 3.05) is 18.6 Å². The first-order valence-electron chi connectivity index (χ1n) is 5.95. The second-order valence-electron chi connectivity index (χ2n) is 5.24. The first-order chi connectivity index (χ1) is 7.73. The van der Waals surface area contributed by atoms with Crippen molar-refractivity contribution >= 4 is 28.2 Å². The van der Waals surface area contributed by atoms with Crippen LogP contribution in [0.5, 0.6) is 0 Å². The van der Waals surface area contributed by atoms with Gasteiger partial charge in [-0.3, -0.25) is 4.79 Å². The molecule has 1 rings (SSSR count). The summed E-state index contributed by atoms with van der Waals surface area (Å²) in [5, 5.41) is 0. The molecule has 7 heteroatoms. The van der Waals surface area contributed by atoms with Crippen LogP contribution in [0.25, 0.3) is 0 Å². The highest BCUT2D eigenvalue weighted by Gasteiger charge is 2.34. The zero-order chi connectivity index (χ0) is 13.2. The van der Waals surface area contributed by atoms with E-state index >= 15 is 0 Å². The topological polar surface area (TPSA) is 80.5 Å². The third-order valence-electron chi connectivity index (χ3n) is 3.15. The molecule has 1 saturated heterocycles. The Morgan fingerprint density at radius 1 is 1.44 bits per heavy atom. The Morgan fingerprint density at radius 2 is 2.00 bits per heavy atom. The molecular weight excluding hydrogens is 276 g/mol. The lowest BCUT2D eigenvalue weighted by Gasteiger charge is -2.27. The van der Waals surface area contributed by atoms with E-state index in [2.05, 4.69) is 0 Å². The van der Waals surface area contributed by atoms with Crippen molar-refractivity contribution < 1.29 is 13.2 Å². The highest BCUT2D eigenvalue weighted by Crippen LogP contribution is 2.17. The Kier molecular flexibility index (Phi) is 6.60. The molecule has 1 heterocycles. The van der Waals surface area contributed by atoms with E-state index in [0.29, 0.717) is 18.8 Å². The molecule has 0 spiro atoms. The average molecular weight is 299 g/mol. The molecule has 0 aromatic heterocycles. The van der Waals surface area contributed by atoms with Crippen molar-refractivity contribution in [3.05, 3.63) is 0 Å². The van der Waals surface area contributed by atoms with E-state index in [9.17, 15) is 13.2 Å². The van der Waals surface area contributed by atoms with E-state index in [1.807, 2.05) is 13.8 Å². The Balaban J connectivity index is 0.00000289. The first kappa shape index (κ1) is 17.7. The van der Waals surface area contributed by atoms with Gasteiger partial charge in [0.15, 0.2) is 9.84 Å². The molecule has 0 saturated carbocycles. The predicted octanol–water partition coefficient (Wildman–Crippen LogP) is 0.427. The van der Waals surface area contributed by atoms with Crippen LogP contribution in [0, 0.1) is 5.92 Å². The third kappa shape index (κ3) is 4.74. The summed E-state index contributed by atoms with van der Waals surface area (Å²) >= 11 is 0. The molecule has 1 fully saturated rings. The first-order valence-corrected chi connectivity index (χ1v) is 7.77. The van der Waals surface area contributed by atoms with Gasteiger partial charge in [0.05, 0.1) is 17.5 Å². The number of carbonyl (C=O) groups is 1. The summed E-state index contributed by atoms with van der Waals surface area (Å²) in [5.74, 6) is 0.452. The van der Waals surface area contributed by atoms with Gasteiger partial charge < -0.3 is 10.6 Å². The third-order valence-corrected chi connectivity index (χ3v) is 4.90. The number of hydrogen-bond acceptors (Lipinski definition) is 4. The van der Waals surface area contributed by atoms with Gasteiger partial charge >= 0.3 is 0 Å². The second-order valence-corrected chi connectivity index (χ2v) is 7.47. The minimum atomic E-state index is -2.96. The molecule has 0 aromatic carbocycles. The minimum absolute atomic E-state index is 0. The number of likely N-dealkylation sites (N-methyl/N-ethyl adjacent to an activating group) is 1. The van der Waals surface area contributed by atoms with Crippen molar-refractivity contribution in [3.63, 3.8) is 0 Å².